The minimum Gasteiger partial charge on any atom is -0.377 e. The number of ketones is 1. The molecule has 0 heterocycles. The largest absolute Gasteiger partial charge is 0.377 e. The number of carbonyl (C=O) groups excluding carboxylic acids is 1. The molecular formula is C17H14O2. The van der Waals surface area contributed by atoms with Gasteiger partial charge in [-0.2, -0.15) is 0 Å². The molecule has 2 aromatic rings. The molecule has 94 valence electrons. The number of rotatable bonds is 2. The summed E-state index contributed by atoms with van der Waals surface area (Å²) in [6.45, 7) is 3.65. The highest BCUT2D eigenvalue weighted by molar-refractivity contribution is 6.11. The number of hydrogen-bond acceptors (Lipinski definition) is 2. The van der Waals surface area contributed by atoms with E-state index in [1.165, 1.54) is 0 Å². The summed E-state index contributed by atoms with van der Waals surface area (Å²) in [5.74, 6) is -0.248. The van der Waals surface area contributed by atoms with Crippen LogP contribution in [-0.4, -0.2) is 10.9 Å². The van der Waals surface area contributed by atoms with Gasteiger partial charge in [0, 0.05) is 12.0 Å². The topological polar surface area (TPSA) is 37.3 Å². The average Bonchev–Trinajstić information content (AvgIpc) is 2.46. The van der Waals surface area contributed by atoms with Crippen LogP contribution in [0.1, 0.15) is 22.3 Å². The van der Waals surface area contributed by atoms with Crippen LogP contribution in [0.2, 0.25) is 0 Å². The number of benzene rings is 2. The fourth-order valence-corrected chi connectivity index (χ4v) is 2.75. The zero-order valence-corrected chi connectivity index (χ0v) is 10.5. The van der Waals surface area contributed by atoms with Crippen molar-refractivity contribution in [3.05, 3.63) is 72.3 Å². The van der Waals surface area contributed by atoms with Crippen LogP contribution in [0.15, 0.2) is 61.2 Å². The summed E-state index contributed by atoms with van der Waals surface area (Å²) in [6.07, 6.45) is 1.81. The molecule has 2 aromatic carbocycles. The molecule has 2 heteroatoms. The van der Waals surface area contributed by atoms with Gasteiger partial charge in [0.15, 0.2) is 11.4 Å². The van der Waals surface area contributed by atoms with Crippen molar-refractivity contribution in [2.24, 2.45) is 0 Å². The van der Waals surface area contributed by atoms with Crippen LogP contribution in [0.3, 0.4) is 0 Å². The molecule has 0 spiro atoms. The third-order valence-electron chi connectivity index (χ3n) is 3.65. The number of Topliss-reactive ketones (excluding diaryl/α,β-unsaturated/α-hetero) is 1. The van der Waals surface area contributed by atoms with E-state index in [1.807, 2.05) is 42.5 Å². The SMILES string of the molecule is C=CCC1(O)C(=O)c2ccccc2-c2ccccc21. The lowest BCUT2D eigenvalue weighted by Gasteiger charge is -2.33. The quantitative estimate of drug-likeness (QED) is 0.830. The molecule has 19 heavy (non-hydrogen) atoms. The molecule has 1 aliphatic rings. The van der Waals surface area contributed by atoms with Gasteiger partial charge in [0.25, 0.3) is 0 Å². The van der Waals surface area contributed by atoms with Crippen molar-refractivity contribution in [2.75, 3.05) is 0 Å². The van der Waals surface area contributed by atoms with E-state index in [1.54, 1.807) is 12.1 Å². The van der Waals surface area contributed by atoms with Gasteiger partial charge in [-0.15, -0.1) is 6.58 Å². The van der Waals surface area contributed by atoms with Crippen molar-refractivity contribution in [1.29, 1.82) is 0 Å². The van der Waals surface area contributed by atoms with Crippen molar-refractivity contribution in [1.82, 2.24) is 0 Å². The Balaban J connectivity index is 2.35. The average molecular weight is 250 g/mol. The number of aliphatic hydroxyl groups is 1. The van der Waals surface area contributed by atoms with E-state index in [-0.39, 0.29) is 12.2 Å². The Morgan fingerprint density at radius 1 is 1.00 bits per heavy atom. The van der Waals surface area contributed by atoms with Crippen molar-refractivity contribution >= 4 is 5.78 Å². The highest BCUT2D eigenvalue weighted by Crippen LogP contribution is 2.43. The Labute approximate surface area is 112 Å². The van der Waals surface area contributed by atoms with Crippen molar-refractivity contribution in [2.45, 2.75) is 12.0 Å². The number of fused-ring (bicyclic) bond motifs is 3. The first-order chi connectivity index (χ1) is 9.18. The molecule has 0 radical (unpaired) electrons. The molecule has 1 atom stereocenters. The molecule has 0 aliphatic heterocycles. The zero-order chi connectivity index (χ0) is 13.5. The second-order valence-electron chi connectivity index (χ2n) is 4.77. The maximum absolute atomic E-state index is 12.6. The normalized spacial score (nSPS) is 20.6. The first kappa shape index (κ1) is 11.9. The molecule has 0 saturated carbocycles. The number of carbonyl (C=O) groups is 1. The van der Waals surface area contributed by atoms with Gasteiger partial charge in [0.05, 0.1) is 0 Å². The minimum atomic E-state index is -1.49. The van der Waals surface area contributed by atoms with Crippen molar-refractivity contribution < 1.29 is 9.90 Å². The third kappa shape index (κ3) is 1.57. The predicted octanol–water partition coefficient (Wildman–Crippen LogP) is 3.31. The molecule has 0 aromatic heterocycles. The standard InChI is InChI=1S/C17H14O2/c1-2-11-17(19)15-10-6-5-8-13(15)12-7-3-4-9-14(12)16(17)18/h2-10,19H,1,11H2. The Kier molecular flexibility index (Phi) is 2.61. The van der Waals surface area contributed by atoms with Gasteiger partial charge in [-0.1, -0.05) is 54.6 Å². The molecular weight excluding hydrogens is 236 g/mol. The summed E-state index contributed by atoms with van der Waals surface area (Å²) < 4.78 is 0. The second-order valence-corrected chi connectivity index (χ2v) is 4.77. The summed E-state index contributed by atoms with van der Waals surface area (Å²) in [7, 11) is 0. The molecule has 1 N–H and O–H groups in total. The molecule has 0 saturated heterocycles. The molecule has 0 amide bonds. The lowest BCUT2D eigenvalue weighted by atomic mass is 9.73. The third-order valence-corrected chi connectivity index (χ3v) is 3.65. The van der Waals surface area contributed by atoms with Crippen LogP contribution < -0.4 is 0 Å². The van der Waals surface area contributed by atoms with E-state index >= 15 is 0 Å². The maximum atomic E-state index is 12.6. The fraction of sp³-hybridized carbons (Fsp3) is 0.118. The van der Waals surface area contributed by atoms with Crippen LogP contribution in [-0.2, 0) is 5.60 Å². The maximum Gasteiger partial charge on any atom is 0.199 e. The van der Waals surface area contributed by atoms with E-state index < -0.39 is 5.60 Å². The summed E-state index contributed by atoms with van der Waals surface area (Å²) in [5.41, 5.74) is 1.55. The first-order valence-electron chi connectivity index (χ1n) is 6.25. The number of hydrogen-bond donors (Lipinski definition) is 1. The monoisotopic (exact) mass is 250 g/mol. The van der Waals surface area contributed by atoms with Gasteiger partial charge in [0.1, 0.15) is 0 Å². The molecule has 3 rings (SSSR count). The van der Waals surface area contributed by atoms with Gasteiger partial charge in [-0.3, -0.25) is 4.79 Å². The van der Waals surface area contributed by atoms with E-state index in [0.717, 1.165) is 11.1 Å². The zero-order valence-electron chi connectivity index (χ0n) is 10.5. The summed E-state index contributed by atoms with van der Waals surface area (Å²) in [6, 6.07) is 14.9. The van der Waals surface area contributed by atoms with Crippen molar-refractivity contribution in [3.63, 3.8) is 0 Å². The Bertz CT molecular complexity index is 672. The van der Waals surface area contributed by atoms with Gasteiger partial charge in [0.2, 0.25) is 0 Å². The van der Waals surface area contributed by atoms with Crippen LogP contribution in [0.4, 0.5) is 0 Å². The Hall–Kier alpha value is -2.19. The minimum absolute atomic E-state index is 0.219. The Morgan fingerprint density at radius 3 is 2.26 bits per heavy atom. The molecule has 2 nitrogen and oxygen atoms in total. The lowest BCUT2D eigenvalue weighted by Crippen LogP contribution is -2.38. The van der Waals surface area contributed by atoms with Crippen LogP contribution in [0.5, 0.6) is 0 Å². The van der Waals surface area contributed by atoms with Crippen LogP contribution in [0.25, 0.3) is 11.1 Å². The van der Waals surface area contributed by atoms with E-state index in [2.05, 4.69) is 6.58 Å². The summed E-state index contributed by atoms with van der Waals surface area (Å²) >= 11 is 0. The second kappa shape index (κ2) is 4.18. The lowest BCUT2D eigenvalue weighted by molar-refractivity contribution is 0.0308. The predicted molar refractivity (Wildman–Crippen MR) is 74.9 cm³/mol. The van der Waals surface area contributed by atoms with Gasteiger partial charge >= 0.3 is 0 Å². The summed E-state index contributed by atoms with van der Waals surface area (Å²) in [5, 5.41) is 10.8. The van der Waals surface area contributed by atoms with Gasteiger partial charge in [-0.05, 0) is 16.7 Å². The highest BCUT2D eigenvalue weighted by atomic mass is 16.3. The highest BCUT2D eigenvalue weighted by Gasteiger charge is 2.43. The fourth-order valence-electron chi connectivity index (χ4n) is 2.75. The van der Waals surface area contributed by atoms with Crippen LogP contribution in [0, 0.1) is 0 Å². The molecule has 1 aliphatic carbocycles. The smallest absolute Gasteiger partial charge is 0.199 e. The Morgan fingerprint density at radius 2 is 1.58 bits per heavy atom. The van der Waals surface area contributed by atoms with E-state index in [0.29, 0.717) is 11.1 Å². The summed E-state index contributed by atoms with van der Waals surface area (Å²) in [4.78, 5) is 12.6. The van der Waals surface area contributed by atoms with Crippen LogP contribution >= 0.6 is 0 Å². The van der Waals surface area contributed by atoms with E-state index in [9.17, 15) is 9.90 Å². The molecule has 0 bridgehead atoms. The molecule has 1 unspecified atom stereocenters. The first-order valence-corrected chi connectivity index (χ1v) is 6.25. The van der Waals surface area contributed by atoms with Gasteiger partial charge in [-0.25, -0.2) is 0 Å². The van der Waals surface area contributed by atoms with Gasteiger partial charge < -0.3 is 5.11 Å². The molecule has 0 fully saturated rings. The van der Waals surface area contributed by atoms with E-state index in [4.69, 9.17) is 0 Å². The van der Waals surface area contributed by atoms with Crippen molar-refractivity contribution in [3.8, 4) is 11.1 Å².